The molecule has 0 aliphatic rings. The minimum Gasteiger partial charge on any atom is -0.355 e. The summed E-state index contributed by atoms with van der Waals surface area (Å²) in [7, 11) is 1.46. The zero-order chi connectivity index (χ0) is 15.1. The lowest BCUT2D eigenvalue weighted by atomic mass is 10.2. The number of hydrogen-bond acceptors (Lipinski definition) is 4. The lowest BCUT2D eigenvalue weighted by Gasteiger charge is -2.08. The Labute approximate surface area is 115 Å². The molecule has 20 heavy (non-hydrogen) atoms. The summed E-state index contributed by atoms with van der Waals surface area (Å²) in [5.41, 5.74) is -0.193. The monoisotopic (exact) mass is 280 g/mol. The Hall–Kier alpha value is -2.64. The van der Waals surface area contributed by atoms with Gasteiger partial charge in [0.05, 0.1) is 5.56 Å². The quantitative estimate of drug-likeness (QED) is 0.660. The molecular formula is C12H16N4O4. The first-order valence-corrected chi connectivity index (χ1v) is 5.98. The van der Waals surface area contributed by atoms with E-state index in [4.69, 9.17) is 0 Å². The van der Waals surface area contributed by atoms with Crippen LogP contribution in [0.25, 0.3) is 0 Å². The molecule has 4 amide bonds. The van der Waals surface area contributed by atoms with Crippen molar-refractivity contribution in [3.63, 3.8) is 0 Å². The molecule has 1 aromatic rings. The van der Waals surface area contributed by atoms with E-state index < -0.39 is 17.5 Å². The molecule has 0 aliphatic heterocycles. The summed E-state index contributed by atoms with van der Waals surface area (Å²) < 4.78 is 1.05. The third-order valence-corrected chi connectivity index (χ3v) is 2.38. The second-order valence-corrected chi connectivity index (χ2v) is 3.87. The lowest BCUT2D eigenvalue weighted by molar-refractivity contribution is -0.120. The van der Waals surface area contributed by atoms with E-state index >= 15 is 0 Å². The lowest BCUT2D eigenvalue weighted by Crippen LogP contribution is -2.42. The highest BCUT2D eigenvalue weighted by atomic mass is 16.2. The summed E-state index contributed by atoms with van der Waals surface area (Å²) >= 11 is 0. The van der Waals surface area contributed by atoms with E-state index in [0.29, 0.717) is 6.54 Å². The van der Waals surface area contributed by atoms with Crippen LogP contribution >= 0.6 is 0 Å². The fourth-order valence-electron chi connectivity index (χ4n) is 1.46. The Balaban J connectivity index is 2.81. The summed E-state index contributed by atoms with van der Waals surface area (Å²) in [6.45, 7) is 1.74. The summed E-state index contributed by atoms with van der Waals surface area (Å²) in [5.74, 6) is -1.02. The highest BCUT2D eigenvalue weighted by Crippen LogP contribution is 1.95. The Kier molecular flexibility index (Phi) is 5.45. The van der Waals surface area contributed by atoms with Gasteiger partial charge in [-0.05, 0) is 13.0 Å². The third kappa shape index (κ3) is 4.23. The molecule has 0 unspecified atom stereocenters. The molecule has 3 N–H and O–H groups in total. The van der Waals surface area contributed by atoms with Gasteiger partial charge in [0.2, 0.25) is 5.91 Å². The Morgan fingerprint density at radius 3 is 2.55 bits per heavy atom. The van der Waals surface area contributed by atoms with Crippen molar-refractivity contribution < 1.29 is 14.4 Å². The van der Waals surface area contributed by atoms with Gasteiger partial charge in [0.1, 0.15) is 6.54 Å². The van der Waals surface area contributed by atoms with Gasteiger partial charge in [-0.1, -0.05) is 0 Å². The molecule has 1 aromatic heterocycles. The molecule has 0 saturated carbocycles. The van der Waals surface area contributed by atoms with E-state index in [1.54, 1.807) is 6.92 Å². The van der Waals surface area contributed by atoms with Gasteiger partial charge in [0, 0.05) is 25.9 Å². The molecule has 0 aliphatic carbocycles. The number of nitrogens with zero attached hydrogens (tertiary/aromatic N) is 1. The number of imide groups is 1. The Morgan fingerprint density at radius 1 is 1.25 bits per heavy atom. The molecule has 8 nitrogen and oxygen atoms in total. The molecule has 0 atom stereocenters. The fourth-order valence-corrected chi connectivity index (χ4v) is 1.46. The number of nitrogens with one attached hydrogen (secondary N) is 3. The van der Waals surface area contributed by atoms with Crippen molar-refractivity contribution in [1.82, 2.24) is 20.5 Å². The minimum atomic E-state index is -0.646. The predicted molar refractivity (Wildman–Crippen MR) is 71.3 cm³/mol. The second-order valence-electron chi connectivity index (χ2n) is 3.87. The maximum atomic E-state index is 11.6. The molecular weight excluding hydrogens is 264 g/mol. The number of aromatic nitrogens is 1. The Morgan fingerprint density at radius 2 is 1.95 bits per heavy atom. The Bertz CT molecular complexity index is 579. The number of pyridine rings is 1. The summed E-state index contributed by atoms with van der Waals surface area (Å²) in [5, 5.41) is 6.87. The second kappa shape index (κ2) is 7.07. The predicted octanol–water partition coefficient (Wildman–Crippen LogP) is -0.946. The standard InChI is InChI=1S/C12H16N4O4/c1-3-14-12(20)15-9(17)7-16-6-8(11(19)13-2)4-5-10(16)18/h4-6H,3,7H2,1-2H3,(H,13,19)(H2,14,15,17,20). The minimum absolute atomic E-state index is 0.248. The van der Waals surface area contributed by atoms with Gasteiger partial charge in [-0.25, -0.2) is 4.79 Å². The van der Waals surface area contributed by atoms with Gasteiger partial charge in [-0.2, -0.15) is 0 Å². The first-order valence-electron chi connectivity index (χ1n) is 5.98. The average Bonchev–Trinajstić information content (AvgIpc) is 2.40. The summed E-state index contributed by atoms with van der Waals surface area (Å²) in [6, 6.07) is 1.91. The van der Waals surface area contributed by atoms with E-state index in [2.05, 4.69) is 16.0 Å². The summed E-state index contributed by atoms with van der Waals surface area (Å²) in [6.07, 6.45) is 1.26. The fraction of sp³-hybridized carbons (Fsp3) is 0.333. The molecule has 108 valence electrons. The van der Waals surface area contributed by atoms with Crippen LogP contribution in [0.3, 0.4) is 0 Å². The van der Waals surface area contributed by atoms with E-state index in [9.17, 15) is 19.2 Å². The van der Waals surface area contributed by atoms with Crippen LogP contribution in [0.4, 0.5) is 4.79 Å². The largest absolute Gasteiger partial charge is 0.355 e. The van der Waals surface area contributed by atoms with Gasteiger partial charge < -0.3 is 15.2 Å². The highest BCUT2D eigenvalue weighted by Gasteiger charge is 2.10. The summed E-state index contributed by atoms with van der Waals surface area (Å²) in [4.78, 5) is 45.7. The highest BCUT2D eigenvalue weighted by molar-refractivity contribution is 5.95. The van der Waals surface area contributed by atoms with Crippen molar-refractivity contribution in [2.75, 3.05) is 13.6 Å². The van der Waals surface area contributed by atoms with E-state index in [1.165, 1.54) is 25.4 Å². The van der Waals surface area contributed by atoms with Crippen molar-refractivity contribution in [3.05, 3.63) is 34.2 Å². The molecule has 0 bridgehead atoms. The molecule has 8 heteroatoms. The van der Waals surface area contributed by atoms with Crippen LogP contribution in [0.1, 0.15) is 17.3 Å². The molecule has 0 aromatic carbocycles. The topological polar surface area (TPSA) is 109 Å². The average molecular weight is 280 g/mol. The molecule has 0 radical (unpaired) electrons. The molecule has 0 fully saturated rings. The van der Waals surface area contributed by atoms with Crippen molar-refractivity contribution in [1.29, 1.82) is 0 Å². The number of hydrogen-bond donors (Lipinski definition) is 3. The molecule has 0 saturated heterocycles. The zero-order valence-corrected chi connectivity index (χ0v) is 11.2. The van der Waals surface area contributed by atoms with Crippen molar-refractivity contribution in [3.8, 4) is 0 Å². The van der Waals surface area contributed by atoms with Gasteiger partial charge >= 0.3 is 6.03 Å². The molecule has 1 heterocycles. The normalized spacial score (nSPS) is 9.70. The molecule has 0 spiro atoms. The van der Waals surface area contributed by atoms with Crippen LogP contribution in [0.2, 0.25) is 0 Å². The van der Waals surface area contributed by atoms with Crippen LogP contribution < -0.4 is 21.5 Å². The zero-order valence-electron chi connectivity index (χ0n) is 11.2. The number of carbonyl (C=O) groups is 3. The molecule has 1 rings (SSSR count). The van der Waals surface area contributed by atoms with Crippen molar-refractivity contribution in [2.24, 2.45) is 0 Å². The van der Waals surface area contributed by atoms with Gasteiger partial charge in [0.25, 0.3) is 11.5 Å². The van der Waals surface area contributed by atoms with Crippen LogP contribution in [-0.4, -0.2) is 36.0 Å². The van der Waals surface area contributed by atoms with Crippen LogP contribution in [0.5, 0.6) is 0 Å². The van der Waals surface area contributed by atoms with Gasteiger partial charge in [-0.15, -0.1) is 0 Å². The van der Waals surface area contributed by atoms with E-state index in [1.807, 2.05) is 0 Å². The van der Waals surface area contributed by atoms with Gasteiger partial charge in [-0.3, -0.25) is 19.7 Å². The van der Waals surface area contributed by atoms with Crippen LogP contribution in [0.15, 0.2) is 23.1 Å². The first-order chi connectivity index (χ1) is 9.47. The van der Waals surface area contributed by atoms with E-state index in [-0.39, 0.29) is 18.0 Å². The number of carbonyl (C=O) groups excluding carboxylic acids is 3. The smallest absolute Gasteiger partial charge is 0.321 e. The SMILES string of the molecule is CCNC(=O)NC(=O)Cn1cc(C(=O)NC)ccc1=O. The van der Waals surface area contributed by atoms with Crippen molar-refractivity contribution >= 4 is 17.8 Å². The van der Waals surface area contributed by atoms with Crippen LogP contribution in [-0.2, 0) is 11.3 Å². The van der Waals surface area contributed by atoms with Crippen molar-refractivity contribution in [2.45, 2.75) is 13.5 Å². The van der Waals surface area contributed by atoms with E-state index in [0.717, 1.165) is 4.57 Å². The van der Waals surface area contributed by atoms with Gasteiger partial charge in [0.15, 0.2) is 0 Å². The number of amides is 4. The first kappa shape index (κ1) is 15.4. The number of urea groups is 1. The maximum Gasteiger partial charge on any atom is 0.321 e. The number of rotatable bonds is 4. The maximum absolute atomic E-state index is 11.6. The third-order valence-electron chi connectivity index (χ3n) is 2.38. The van der Waals surface area contributed by atoms with Crippen LogP contribution in [0, 0.1) is 0 Å².